The average molecular weight is 352 g/mol. The van der Waals surface area contributed by atoms with Crippen LogP contribution in [0.3, 0.4) is 0 Å². The van der Waals surface area contributed by atoms with Crippen LogP contribution in [0.15, 0.2) is 36.4 Å². The highest BCUT2D eigenvalue weighted by molar-refractivity contribution is 5.98. The second-order valence-electron chi connectivity index (χ2n) is 6.66. The molecule has 0 aromatic heterocycles. The number of anilines is 1. The molecule has 6 nitrogen and oxygen atoms in total. The van der Waals surface area contributed by atoms with Gasteiger partial charge in [0.2, 0.25) is 12.7 Å². The Balaban J connectivity index is 1.41. The molecule has 2 amide bonds. The SMILES string of the molecule is Cc1ccc(C(=O)NCc2ccc3c(c2)OCO3)cc1NC(=O)C1CC1. The van der Waals surface area contributed by atoms with E-state index < -0.39 is 0 Å². The van der Waals surface area contributed by atoms with Gasteiger partial charge in [-0.1, -0.05) is 12.1 Å². The molecule has 6 heteroatoms. The van der Waals surface area contributed by atoms with Gasteiger partial charge in [-0.3, -0.25) is 9.59 Å². The van der Waals surface area contributed by atoms with Crippen molar-refractivity contribution in [2.75, 3.05) is 12.1 Å². The van der Waals surface area contributed by atoms with Crippen molar-refractivity contribution < 1.29 is 19.1 Å². The average Bonchev–Trinajstić information content (AvgIpc) is 3.39. The van der Waals surface area contributed by atoms with Crippen LogP contribution in [0.5, 0.6) is 11.5 Å². The molecule has 0 unspecified atom stereocenters. The molecule has 26 heavy (non-hydrogen) atoms. The van der Waals surface area contributed by atoms with Crippen LogP contribution in [-0.2, 0) is 11.3 Å². The zero-order chi connectivity index (χ0) is 18.1. The molecule has 1 saturated carbocycles. The summed E-state index contributed by atoms with van der Waals surface area (Å²) in [6.07, 6.45) is 1.89. The lowest BCUT2D eigenvalue weighted by atomic mass is 10.1. The Hall–Kier alpha value is -3.02. The number of hydrogen-bond acceptors (Lipinski definition) is 4. The largest absolute Gasteiger partial charge is 0.454 e. The molecule has 4 rings (SSSR count). The van der Waals surface area contributed by atoms with Gasteiger partial charge in [-0.15, -0.1) is 0 Å². The molecule has 0 spiro atoms. The smallest absolute Gasteiger partial charge is 0.251 e. The predicted octanol–water partition coefficient (Wildman–Crippen LogP) is 3.00. The predicted molar refractivity (Wildman–Crippen MR) is 96.3 cm³/mol. The van der Waals surface area contributed by atoms with E-state index in [1.54, 1.807) is 12.1 Å². The minimum absolute atomic E-state index is 0.0334. The van der Waals surface area contributed by atoms with Crippen molar-refractivity contribution in [3.05, 3.63) is 53.1 Å². The number of carbonyl (C=O) groups excluding carboxylic acids is 2. The van der Waals surface area contributed by atoms with E-state index in [0.717, 1.165) is 29.7 Å². The quantitative estimate of drug-likeness (QED) is 0.867. The first-order valence-electron chi connectivity index (χ1n) is 8.68. The number of amides is 2. The summed E-state index contributed by atoms with van der Waals surface area (Å²) in [6, 6.07) is 10.9. The van der Waals surface area contributed by atoms with Crippen molar-refractivity contribution in [2.24, 2.45) is 5.92 Å². The zero-order valence-electron chi connectivity index (χ0n) is 14.5. The van der Waals surface area contributed by atoms with Crippen molar-refractivity contribution in [2.45, 2.75) is 26.3 Å². The number of carbonyl (C=O) groups is 2. The van der Waals surface area contributed by atoms with E-state index in [4.69, 9.17) is 9.47 Å². The monoisotopic (exact) mass is 352 g/mol. The van der Waals surface area contributed by atoms with Gasteiger partial charge in [0, 0.05) is 23.7 Å². The van der Waals surface area contributed by atoms with E-state index >= 15 is 0 Å². The van der Waals surface area contributed by atoms with E-state index in [1.165, 1.54) is 0 Å². The third kappa shape index (κ3) is 3.49. The van der Waals surface area contributed by atoms with Gasteiger partial charge < -0.3 is 20.1 Å². The molecule has 0 saturated heterocycles. The second kappa shape index (κ2) is 6.71. The van der Waals surface area contributed by atoms with E-state index in [0.29, 0.717) is 23.5 Å². The van der Waals surface area contributed by atoms with E-state index in [-0.39, 0.29) is 24.5 Å². The lowest BCUT2D eigenvalue weighted by molar-refractivity contribution is -0.117. The third-order valence-corrected chi connectivity index (χ3v) is 4.60. The topological polar surface area (TPSA) is 76.7 Å². The van der Waals surface area contributed by atoms with E-state index in [1.807, 2.05) is 31.2 Å². The lowest BCUT2D eigenvalue weighted by Crippen LogP contribution is -2.23. The van der Waals surface area contributed by atoms with Crippen LogP contribution in [0.25, 0.3) is 0 Å². The van der Waals surface area contributed by atoms with Crippen LogP contribution in [0, 0.1) is 12.8 Å². The number of hydrogen-bond donors (Lipinski definition) is 2. The summed E-state index contributed by atoms with van der Waals surface area (Å²) in [7, 11) is 0. The summed E-state index contributed by atoms with van der Waals surface area (Å²) in [6.45, 7) is 2.52. The molecular formula is C20H20N2O4. The van der Waals surface area contributed by atoms with Crippen molar-refractivity contribution in [1.82, 2.24) is 5.32 Å². The maximum Gasteiger partial charge on any atom is 0.251 e. The highest BCUT2D eigenvalue weighted by Gasteiger charge is 2.29. The summed E-state index contributed by atoms with van der Waals surface area (Å²) in [5.41, 5.74) is 3.07. The fraction of sp³-hybridized carbons (Fsp3) is 0.300. The van der Waals surface area contributed by atoms with Gasteiger partial charge in [-0.05, 0) is 55.2 Å². The van der Waals surface area contributed by atoms with Crippen LogP contribution in [0.4, 0.5) is 5.69 Å². The standard InChI is InChI=1S/C20H20N2O4/c1-12-2-4-15(9-16(12)22-20(24)14-5-6-14)19(23)21-10-13-3-7-17-18(8-13)26-11-25-17/h2-4,7-9,14H,5-6,10-11H2,1H3,(H,21,23)(H,22,24). The highest BCUT2D eigenvalue weighted by atomic mass is 16.7. The Morgan fingerprint density at radius 2 is 1.88 bits per heavy atom. The maximum atomic E-state index is 12.5. The van der Waals surface area contributed by atoms with Crippen molar-refractivity contribution in [3.63, 3.8) is 0 Å². The normalized spacial score (nSPS) is 14.8. The number of fused-ring (bicyclic) bond motifs is 1. The number of benzene rings is 2. The molecule has 134 valence electrons. The molecule has 1 aliphatic carbocycles. The summed E-state index contributed by atoms with van der Waals surface area (Å²) in [5.74, 6) is 1.38. The summed E-state index contributed by atoms with van der Waals surface area (Å²) in [5, 5.41) is 5.81. The molecule has 0 radical (unpaired) electrons. The third-order valence-electron chi connectivity index (χ3n) is 4.60. The number of aryl methyl sites for hydroxylation is 1. The first-order valence-corrected chi connectivity index (χ1v) is 8.68. The molecule has 0 atom stereocenters. The van der Waals surface area contributed by atoms with Gasteiger partial charge in [-0.25, -0.2) is 0 Å². The van der Waals surface area contributed by atoms with Crippen LogP contribution >= 0.6 is 0 Å². The van der Waals surface area contributed by atoms with Crippen molar-refractivity contribution in [3.8, 4) is 11.5 Å². The molecule has 1 heterocycles. The molecule has 0 bridgehead atoms. The van der Waals surface area contributed by atoms with Gasteiger partial charge in [-0.2, -0.15) is 0 Å². The minimum atomic E-state index is -0.190. The van der Waals surface area contributed by atoms with Crippen LogP contribution < -0.4 is 20.1 Å². The first kappa shape index (κ1) is 16.4. The molecule has 2 N–H and O–H groups in total. The van der Waals surface area contributed by atoms with Crippen LogP contribution in [-0.4, -0.2) is 18.6 Å². The molecule has 2 aliphatic rings. The fourth-order valence-electron chi connectivity index (χ4n) is 2.81. The maximum absolute atomic E-state index is 12.5. The highest BCUT2D eigenvalue weighted by Crippen LogP contribution is 2.32. The van der Waals surface area contributed by atoms with Crippen molar-refractivity contribution >= 4 is 17.5 Å². The fourth-order valence-corrected chi connectivity index (χ4v) is 2.81. The summed E-state index contributed by atoms with van der Waals surface area (Å²) in [4.78, 5) is 24.4. The Labute approximate surface area is 151 Å². The zero-order valence-corrected chi connectivity index (χ0v) is 14.5. The number of ether oxygens (including phenoxy) is 2. The lowest BCUT2D eigenvalue weighted by Gasteiger charge is -2.11. The van der Waals surface area contributed by atoms with Crippen LogP contribution in [0.1, 0.15) is 34.3 Å². The summed E-state index contributed by atoms with van der Waals surface area (Å²) < 4.78 is 10.6. The number of rotatable bonds is 5. The Morgan fingerprint density at radius 3 is 2.69 bits per heavy atom. The Morgan fingerprint density at radius 1 is 1.08 bits per heavy atom. The second-order valence-corrected chi connectivity index (χ2v) is 6.66. The van der Waals surface area contributed by atoms with Gasteiger partial charge in [0.1, 0.15) is 0 Å². The molecule has 1 aliphatic heterocycles. The molecule has 1 fully saturated rings. The molecule has 2 aromatic rings. The van der Waals surface area contributed by atoms with Gasteiger partial charge in [0.05, 0.1) is 0 Å². The Kier molecular flexibility index (Phi) is 4.24. The number of nitrogens with one attached hydrogen (secondary N) is 2. The van der Waals surface area contributed by atoms with E-state index in [2.05, 4.69) is 10.6 Å². The summed E-state index contributed by atoms with van der Waals surface area (Å²) >= 11 is 0. The molecular weight excluding hydrogens is 332 g/mol. The minimum Gasteiger partial charge on any atom is -0.454 e. The van der Waals surface area contributed by atoms with Gasteiger partial charge >= 0.3 is 0 Å². The Bertz CT molecular complexity index is 874. The van der Waals surface area contributed by atoms with Crippen molar-refractivity contribution in [1.29, 1.82) is 0 Å². The first-order chi connectivity index (χ1) is 12.6. The van der Waals surface area contributed by atoms with E-state index in [9.17, 15) is 9.59 Å². The van der Waals surface area contributed by atoms with Crippen LogP contribution in [0.2, 0.25) is 0 Å². The van der Waals surface area contributed by atoms with Gasteiger partial charge in [0.25, 0.3) is 5.91 Å². The molecule has 2 aromatic carbocycles. The van der Waals surface area contributed by atoms with Gasteiger partial charge in [0.15, 0.2) is 11.5 Å².